The molecule has 0 aliphatic carbocycles. The standard InChI is InChI=1S/C17H25FN4.C8H16N2O.C2H6/c1-13(2)21-16(12-14(3)20-4)17(19)22-10-6-5-8-15(18)9-7-11-22;11-8-9-4-3-7-10-5-1-2-6-10;1-2/h5,7-9,11,14,16,19H,4,6,10,12H2,1-3H3;8H,1-7H2,(H,9,11);1-2H3/b8-5+,11-7+,15-9+,19-17?;;. The fourth-order valence-corrected chi connectivity index (χ4v) is 3.58. The lowest BCUT2D eigenvalue weighted by Gasteiger charge is -2.26. The van der Waals surface area contributed by atoms with Gasteiger partial charge in [0.05, 0.1) is 0 Å². The van der Waals surface area contributed by atoms with Crippen molar-refractivity contribution in [1.29, 1.82) is 5.41 Å². The van der Waals surface area contributed by atoms with E-state index in [1.165, 1.54) is 38.1 Å². The summed E-state index contributed by atoms with van der Waals surface area (Å²) in [4.78, 5) is 22.7. The monoisotopic (exact) mass is 490 g/mol. The highest BCUT2D eigenvalue weighted by Crippen LogP contribution is 2.13. The second-order valence-electron chi connectivity index (χ2n) is 8.50. The molecule has 0 saturated carbocycles. The molecule has 1 amide bonds. The number of carbonyl (C=O) groups excluding carboxylic acids is 1. The summed E-state index contributed by atoms with van der Waals surface area (Å²) in [5.41, 5.74) is 0.921. The Morgan fingerprint density at radius 2 is 1.97 bits per heavy atom. The quantitative estimate of drug-likeness (QED) is 0.192. The van der Waals surface area contributed by atoms with Gasteiger partial charge in [-0.25, -0.2) is 4.39 Å². The molecule has 35 heavy (non-hydrogen) atoms. The van der Waals surface area contributed by atoms with Gasteiger partial charge in [-0.2, -0.15) is 0 Å². The van der Waals surface area contributed by atoms with Crippen LogP contribution in [0.1, 0.15) is 66.7 Å². The van der Waals surface area contributed by atoms with Crippen LogP contribution in [0.4, 0.5) is 4.39 Å². The Morgan fingerprint density at radius 1 is 1.29 bits per heavy atom. The minimum Gasteiger partial charge on any atom is -0.359 e. The van der Waals surface area contributed by atoms with Crippen LogP contribution in [0.2, 0.25) is 0 Å². The largest absolute Gasteiger partial charge is 0.359 e. The van der Waals surface area contributed by atoms with Crippen LogP contribution in [-0.4, -0.2) is 79.3 Å². The molecule has 1 saturated heterocycles. The molecule has 0 aromatic carbocycles. The van der Waals surface area contributed by atoms with Crippen LogP contribution in [0.3, 0.4) is 0 Å². The lowest BCUT2D eigenvalue weighted by atomic mass is 10.1. The molecule has 2 N–H and O–H groups in total. The van der Waals surface area contributed by atoms with E-state index in [0.29, 0.717) is 25.2 Å². The second-order valence-corrected chi connectivity index (χ2v) is 8.50. The van der Waals surface area contributed by atoms with Crippen molar-refractivity contribution in [3.63, 3.8) is 0 Å². The topological polar surface area (TPSA) is 84.1 Å². The zero-order valence-corrected chi connectivity index (χ0v) is 22.5. The number of aliphatic imine (C=N–C) groups is 2. The molecule has 2 heterocycles. The van der Waals surface area contributed by atoms with Gasteiger partial charge < -0.3 is 15.1 Å². The van der Waals surface area contributed by atoms with Gasteiger partial charge in [0.1, 0.15) is 17.7 Å². The molecule has 0 spiro atoms. The third-order valence-corrected chi connectivity index (χ3v) is 5.33. The fraction of sp³-hybridized carbons (Fsp3) is 0.630. The number of rotatable bonds is 10. The molecule has 2 aliphatic heterocycles. The SMILES string of the molecule is C=NC(C)CC(N=C(C)C)C(=N)N1/C=C/C=C(F)\C=C\CC1.CC.O=CNCCCN1CCCC1. The maximum atomic E-state index is 13.3. The molecule has 8 heteroatoms. The minimum atomic E-state index is -0.284. The molecule has 2 atom stereocenters. The van der Waals surface area contributed by atoms with Crippen LogP contribution in [0.5, 0.6) is 0 Å². The zero-order chi connectivity index (χ0) is 26.5. The summed E-state index contributed by atoms with van der Waals surface area (Å²) < 4.78 is 13.3. The summed E-state index contributed by atoms with van der Waals surface area (Å²) in [5.74, 6) is 0.116. The first kappa shape index (κ1) is 32.4. The first-order chi connectivity index (χ1) is 16.9. The van der Waals surface area contributed by atoms with Crippen LogP contribution in [0.25, 0.3) is 0 Å². The third kappa shape index (κ3) is 15.8. The van der Waals surface area contributed by atoms with E-state index in [1.807, 2.05) is 39.5 Å². The Labute approximate surface area is 212 Å². The van der Waals surface area contributed by atoms with Crippen LogP contribution in [0.15, 0.2) is 46.3 Å². The summed E-state index contributed by atoms with van der Waals surface area (Å²) in [6.07, 6.45) is 13.8. The van der Waals surface area contributed by atoms with Crippen molar-refractivity contribution in [2.24, 2.45) is 9.98 Å². The van der Waals surface area contributed by atoms with E-state index in [0.717, 1.165) is 31.6 Å². The van der Waals surface area contributed by atoms with Gasteiger partial charge >= 0.3 is 0 Å². The van der Waals surface area contributed by atoms with Crippen molar-refractivity contribution in [2.45, 2.75) is 78.8 Å². The van der Waals surface area contributed by atoms with Crippen molar-refractivity contribution < 1.29 is 9.18 Å². The molecule has 0 bridgehead atoms. The number of hydrogen-bond donors (Lipinski definition) is 2. The first-order valence-electron chi connectivity index (χ1n) is 12.8. The molecule has 0 aromatic rings. The summed E-state index contributed by atoms with van der Waals surface area (Å²) in [6, 6.07) is -0.235. The summed E-state index contributed by atoms with van der Waals surface area (Å²) in [5, 5.41) is 11.1. The van der Waals surface area contributed by atoms with Crippen LogP contribution >= 0.6 is 0 Å². The van der Waals surface area contributed by atoms with Crippen molar-refractivity contribution in [3.05, 3.63) is 36.3 Å². The number of nitrogens with one attached hydrogen (secondary N) is 2. The van der Waals surface area contributed by atoms with Gasteiger partial charge in [0.15, 0.2) is 0 Å². The average Bonchev–Trinajstić information content (AvgIpc) is 3.39. The molecule has 0 aromatic heterocycles. The number of halogens is 1. The van der Waals surface area contributed by atoms with Gasteiger partial charge in [-0.15, -0.1) is 0 Å². The van der Waals surface area contributed by atoms with Crippen molar-refractivity contribution in [2.75, 3.05) is 32.7 Å². The van der Waals surface area contributed by atoms with Gasteiger partial charge in [0.25, 0.3) is 0 Å². The van der Waals surface area contributed by atoms with E-state index in [-0.39, 0.29) is 17.9 Å². The lowest BCUT2D eigenvalue weighted by Crippen LogP contribution is -2.36. The molecule has 2 unspecified atom stereocenters. The maximum Gasteiger partial charge on any atom is 0.207 e. The Hall–Kier alpha value is -2.61. The lowest BCUT2D eigenvalue weighted by molar-refractivity contribution is -0.109. The Kier molecular flexibility index (Phi) is 19.2. The first-order valence-corrected chi connectivity index (χ1v) is 12.8. The Bertz CT molecular complexity index is 721. The van der Waals surface area contributed by atoms with E-state index in [9.17, 15) is 9.18 Å². The van der Waals surface area contributed by atoms with E-state index >= 15 is 0 Å². The molecule has 7 nitrogen and oxygen atoms in total. The second kappa shape index (κ2) is 20.7. The van der Waals surface area contributed by atoms with E-state index < -0.39 is 0 Å². The number of amides is 1. The van der Waals surface area contributed by atoms with E-state index in [4.69, 9.17) is 5.41 Å². The smallest absolute Gasteiger partial charge is 0.207 e. The molecule has 2 aliphatic rings. The van der Waals surface area contributed by atoms with Crippen molar-refractivity contribution >= 4 is 24.7 Å². The van der Waals surface area contributed by atoms with Crippen molar-refractivity contribution in [3.8, 4) is 0 Å². The predicted octanol–water partition coefficient (Wildman–Crippen LogP) is 5.17. The Morgan fingerprint density at radius 3 is 2.57 bits per heavy atom. The number of allylic oxidation sites excluding steroid dienone is 4. The molecular formula is C27H47FN6O. The highest BCUT2D eigenvalue weighted by atomic mass is 19.1. The normalized spacial score (nSPS) is 20.4. The molecule has 0 radical (unpaired) electrons. The van der Waals surface area contributed by atoms with Crippen molar-refractivity contribution in [1.82, 2.24) is 15.1 Å². The van der Waals surface area contributed by atoms with Gasteiger partial charge in [0.2, 0.25) is 6.41 Å². The van der Waals surface area contributed by atoms with E-state index in [1.54, 1.807) is 18.4 Å². The van der Waals surface area contributed by atoms with Gasteiger partial charge in [-0.1, -0.05) is 19.9 Å². The predicted molar refractivity (Wildman–Crippen MR) is 148 cm³/mol. The highest BCUT2D eigenvalue weighted by Gasteiger charge is 2.20. The minimum absolute atomic E-state index is 0.0344. The average molecular weight is 491 g/mol. The maximum absolute atomic E-state index is 13.3. The van der Waals surface area contributed by atoms with Gasteiger partial charge in [-0.3, -0.25) is 20.2 Å². The fourth-order valence-electron chi connectivity index (χ4n) is 3.58. The number of likely N-dealkylation sites (tertiary alicyclic amines) is 1. The van der Waals surface area contributed by atoms with Crippen LogP contribution < -0.4 is 5.32 Å². The number of hydrogen-bond acceptors (Lipinski definition) is 5. The van der Waals surface area contributed by atoms with E-state index in [2.05, 4.69) is 26.9 Å². The van der Waals surface area contributed by atoms with Crippen LogP contribution in [-0.2, 0) is 4.79 Å². The number of carbonyl (C=O) groups is 1. The number of nitrogens with zero attached hydrogens (tertiary/aromatic N) is 4. The zero-order valence-electron chi connectivity index (χ0n) is 22.5. The number of amidine groups is 1. The molecular weight excluding hydrogens is 443 g/mol. The molecule has 198 valence electrons. The van der Waals surface area contributed by atoms with Gasteiger partial charge in [0, 0.05) is 31.0 Å². The molecule has 2 rings (SSSR count). The highest BCUT2D eigenvalue weighted by molar-refractivity contribution is 5.89. The Balaban J connectivity index is 0.000000742. The summed E-state index contributed by atoms with van der Waals surface area (Å²) >= 11 is 0. The molecule has 1 fully saturated rings. The summed E-state index contributed by atoms with van der Waals surface area (Å²) in [7, 11) is 0. The van der Waals surface area contributed by atoms with Crippen LogP contribution in [0, 0.1) is 5.41 Å². The summed E-state index contributed by atoms with van der Waals surface area (Å²) in [6.45, 7) is 18.4. The van der Waals surface area contributed by atoms with Gasteiger partial charge in [-0.05, 0) is 97.5 Å². The third-order valence-electron chi connectivity index (χ3n) is 5.33.